The van der Waals surface area contributed by atoms with Crippen LogP contribution in [0.3, 0.4) is 0 Å². The van der Waals surface area contributed by atoms with Crippen molar-refractivity contribution in [3.05, 3.63) is 83.9 Å². The Morgan fingerprint density at radius 2 is 1.67 bits per heavy atom. The number of nitrogens with zero attached hydrogens (tertiary/aromatic N) is 2. The van der Waals surface area contributed by atoms with E-state index >= 15 is 0 Å². The van der Waals surface area contributed by atoms with Gasteiger partial charge in [-0.25, -0.2) is 9.96 Å². The van der Waals surface area contributed by atoms with Gasteiger partial charge in [0.15, 0.2) is 17.6 Å². The van der Waals surface area contributed by atoms with Crippen LogP contribution in [0.25, 0.3) is 0 Å². The summed E-state index contributed by atoms with van der Waals surface area (Å²) < 4.78 is 11.5. The van der Waals surface area contributed by atoms with E-state index in [1.807, 2.05) is 73.7 Å². The number of anilines is 2. The maximum absolute atomic E-state index is 13.8. The number of methoxy groups -OCH3 is 1. The Morgan fingerprint density at radius 3 is 2.39 bits per heavy atom. The molecule has 0 N–H and O–H groups in total. The van der Waals surface area contributed by atoms with Crippen LogP contribution in [-0.2, 0) is 14.4 Å². The van der Waals surface area contributed by atoms with Gasteiger partial charge >= 0.3 is 0 Å². The topological polar surface area (TPSA) is 68.3 Å². The lowest BCUT2D eigenvalue weighted by Crippen LogP contribution is -2.37. The van der Waals surface area contributed by atoms with Gasteiger partial charge in [0.25, 0.3) is 5.91 Å². The molecule has 0 saturated carbocycles. The number of hydroxylamine groups is 1. The fourth-order valence-electron chi connectivity index (χ4n) is 4.92. The molecule has 0 aliphatic carbocycles. The van der Waals surface area contributed by atoms with Crippen LogP contribution in [-0.4, -0.2) is 31.6 Å². The standard InChI is InChI=1S/C29H30N2O5/c1-4-5-17-35-23-16-15-20(18-24(23)34-3)26-25-27(36-31(26)21-12-7-6-8-13-21)29(33)30(28(25)32)22-14-10-9-11-19(22)2/h6-16,18,25-27H,4-5,17H2,1-3H3/t25-,26-,27+/m1/s1. The van der Waals surface area contributed by atoms with Crippen LogP contribution in [0.2, 0.25) is 0 Å². The zero-order chi connectivity index (χ0) is 25.2. The minimum Gasteiger partial charge on any atom is -0.493 e. The molecule has 7 nitrogen and oxygen atoms in total. The molecule has 36 heavy (non-hydrogen) atoms. The van der Waals surface area contributed by atoms with Crippen molar-refractivity contribution in [3.8, 4) is 11.5 Å². The van der Waals surface area contributed by atoms with Crippen LogP contribution >= 0.6 is 0 Å². The van der Waals surface area contributed by atoms with Crippen molar-refractivity contribution in [2.24, 2.45) is 5.92 Å². The zero-order valence-corrected chi connectivity index (χ0v) is 20.7. The lowest BCUT2D eigenvalue weighted by atomic mass is 9.90. The predicted molar refractivity (Wildman–Crippen MR) is 137 cm³/mol. The molecule has 2 fully saturated rings. The summed E-state index contributed by atoms with van der Waals surface area (Å²) in [6, 6.07) is 22.1. The Hall–Kier alpha value is -3.84. The van der Waals surface area contributed by atoms with Crippen molar-refractivity contribution >= 4 is 23.2 Å². The van der Waals surface area contributed by atoms with Crippen molar-refractivity contribution in [3.63, 3.8) is 0 Å². The van der Waals surface area contributed by atoms with Gasteiger partial charge in [-0.1, -0.05) is 55.8 Å². The molecular formula is C29H30N2O5. The highest BCUT2D eigenvalue weighted by Crippen LogP contribution is 2.49. The number of carbonyl (C=O) groups is 2. The van der Waals surface area contributed by atoms with Gasteiger partial charge in [0, 0.05) is 0 Å². The second-order valence-electron chi connectivity index (χ2n) is 9.07. The fourth-order valence-corrected chi connectivity index (χ4v) is 4.92. The van der Waals surface area contributed by atoms with Gasteiger partial charge in [0.2, 0.25) is 5.91 Å². The minimum absolute atomic E-state index is 0.273. The van der Waals surface area contributed by atoms with Crippen LogP contribution in [0.4, 0.5) is 11.4 Å². The number of aryl methyl sites for hydroxylation is 1. The average molecular weight is 487 g/mol. The first kappa shape index (κ1) is 23.9. The van der Waals surface area contributed by atoms with Gasteiger partial charge in [0.05, 0.1) is 31.1 Å². The van der Waals surface area contributed by atoms with Crippen molar-refractivity contribution in [1.82, 2.24) is 0 Å². The summed E-state index contributed by atoms with van der Waals surface area (Å²) >= 11 is 0. The molecule has 186 valence electrons. The number of imide groups is 1. The third-order valence-corrected chi connectivity index (χ3v) is 6.77. The molecule has 2 amide bonds. The third kappa shape index (κ3) is 4.09. The highest BCUT2D eigenvalue weighted by molar-refractivity contribution is 6.24. The summed E-state index contributed by atoms with van der Waals surface area (Å²) in [7, 11) is 1.60. The Morgan fingerprint density at radius 1 is 0.917 bits per heavy atom. The molecule has 5 rings (SSSR count). The highest BCUT2D eigenvalue weighted by Gasteiger charge is 2.60. The molecule has 0 spiro atoms. The van der Waals surface area contributed by atoms with Crippen molar-refractivity contribution in [2.45, 2.75) is 38.8 Å². The van der Waals surface area contributed by atoms with Gasteiger partial charge in [-0.15, -0.1) is 0 Å². The first-order chi connectivity index (χ1) is 17.5. The van der Waals surface area contributed by atoms with Gasteiger partial charge in [-0.05, 0) is 54.8 Å². The SMILES string of the molecule is CCCCOc1ccc([C@@H]2[C@H]3C(=O)N(c4ccccc4C)C(=O)[C@H]3ON2c2ccccc2)cc1OC. The molecule has 7 heteroatoms. The molecule has 2 heterocycles. The van der Waals surface area contributed by atoms with Gasteiger partial charge in [0.1, 0.15) is 5.92 Å². The molecule has 0 unspecified atom stereocenters. The zero-order valence-electron chi connectivity index (χ0n) is 20.7. The van der Waals surface area contributed by atoms with E-state index in [4.69, 9.17) is 14.3 Å². The summed E-state index contributed by atoms with van der Waals surface area (Å²) in [4.78, 5) is 34.9. The number of amides is 2. The fraction of sp³-hybridized carbons (Fsp3) is 0.310. The summed E-state index contributed by atoms with van der Waals surface area (Å²) in [5.74, 6) is -0.118. The molecule has 0 radical (unpaired) electrons. The summed E-state index contributed by atoms with van der Waals surface area (Å²) in [5.41, 5.74) is 3.01. The van der Waals surface area contributed by atoms with Gasteiger partial charge in [-0.3, -0.25) is 14.4 Å². The second kappa shape index (κ2) is 10.0. The van der Waals surface area contributed by atoms with Crippen LogP contribution in [0, 0.1) is 12.8 Å². The Kier molecular flexibility index (Phi) is 6.65. The van der Waals surface area contributed by atoms with Crippen LogP contribution in [0.1, 0.15) is 36.9 Å². The first-order valence-electron chi connectivity index (χ1n) is 12.3. The van der Waals surface area contributed by atoms with Gasteiger partial charge in [-0.2, -0.15) is 0 Å². The van der Waals surface area contributed by atoms with Crippen LogP contribution < -0.4 is 19.4 Å². The number of fused-ring (bicyclic) bond motifs is 1. The normalized spacial score (nSPS) is 21.1. The van der Waals surface area contributed by atoms with Crippen LogP contribution in [0.15, 0.2) is 72.8 Å². The number of unbranched alkanes of at least 4 members (excludes halogenated alkanes) is 1. The molecule has 2 saturated heterocycles. The van der Waals surface area contributed by atoms with Crippen molar-refractivity contribution in [1.29, 1.82) is 0 Å². The van der Waals surface area contributed by atoms with E-state index in [2.05, 4.69) is 6.92 Å². The van der Waals surface area contributed by atoms with E-state index in [0.29, 0.717) is 23.8 Å². The van der Waals surface area contributed by atoms with E-state index in [1.165, 1.54) is 4.90 Å². The van der Waals surface area contributed by atoms with E-state index in [-0.39, 0.29) is 11.8 Å². The molecule has 2 aliphatic heterocycles. The molecule has 3 aromatic rings. The molecular weight excluding hydrogens is 456 g/mol. The van der Waals surface area contributed by atoms with Crippen molar-refractivity contribution < 1.29 is 23.9 Å². The lowest BCUT2D eigenvalue weighted by Gasteiger charge is -2.29. The summed E-state index contributed by atoms with van der Waals surface area (Å²) in [6.07, 6.45) is 1.05. The third-order valence-electron chi connectivity index (χ3n) is 6.77. The average Bonchev–Trinajstić information content (AvgIpc) is 3.41. The number of ether oxygens (including phenoxy) is 2. The van der Waals surface area contributed by atoms with E-state index in [1.54, 1.807) is 18.2 Å². The van der Waals surface area contributed by atoms with E-state index in [9.17, 15) is 9.59 Å². The maximum Gasteiger partial charge on any atom is 0.266 e. The Bertz CT molecular complexity index is 1260. The lowest BCUT2D eigenvalue weighted by molar-refractivity contribution is -0.126. The highest BCUT2D eigenvalue weighted by atomic mass is 16.7. The Balaban J connectivity index is 1.56. The van der Waals surface area contributed by atoms with Crippen molar-refractivity contribution in [2.75, 3.05) is 23.7 Å². The number of carbonyl (C=O) groups excluding carboxylic acids is 2. The Labute approximate surface area is 211 Å². The number of hydrogen-bond acceptors (Lipinski definition) is 6. The van der Waals surface area contributed by atoms with E-state index in [0.717, 1.165) is 29.7 Å². The smallest absolute Gasteiger partial charge is 0.266 e. The number of benzene rings is 3. The largest absolute Gasteiger partial charge is 0.493 e. The number of para-hydroxylation sites is 2. The minimum atomic E-state index is -0.922. The number of hydrogen-bond donors (Lipinski definition) is 0. The monoisotopic (exact) mass is 486 g/mol. The molecule has 3 aromatic carbocycles. The molecule has 0 bridgehead atoms. The van der Waals surface area contributed by atoms with Gasteiger partial charge < -0.3 is 9.47 Å². The van der Waals surface area contributed by atoms with E-state index < -0.39 is 18.1 Å². The maximum atomic E-state index is 13.8. The quantitative estimate of drug-likeness (QED) is 0.321. The molecule has 2 aliphatic rings. The molecule has 0 aromatic heterocycles. The van der Waals surface area contributed by atoms with Crippen LogP contribution in [0.5, 0.6) is 11.5 Å². The number of rotatable bonds is 8. The predicted octanol–water partition coefficient (Wildman–Crippen LogP) is 5.23. The molecule has 3 atom stereocenters. The summed E-state index contributed by atoms with van der Waals surface area (Å²) in [6.45, 7) is 4.59. The second-order valence-corrected chi connectivity index (χ2v) is 9.07. The summed E-state index contributed by atoms with van der Waals surface area (Å²) in [5, 5.41) is 1.69. The first-order valence-corrected chi connectivity index (χ1v) is 12.3.